The molecule has 0 aliphatic carbocycles. The molecular weight excluding hydrogens is 371 g/mol. The van der Waals surface area contributed by atoms with Crippen LogP contribution in [0.25, 0.3) is 10.8 Å². The second-order valence-electron chi connectivity index (χ2n) is 5.00. The van der Waals surface area contributed by atoms with Gasteiger partial charge in [0.2, 0.25) is 0 Å². The lowest BCUT2D eigenvalue weighted by Crippen LogP contribution is -2.22. The van der Waals surface area contributed by atoms with Gasteiger partial charge in [0.25, 0.3) is 0 Å². The molecule has 1 atom stereocenters. The Balaban J connectivity index is 2.16. The minimum absolute atomic E-state index is 0.170. The van der Waals surface area contributed by atoms with Gasteiger partial charge in [0, 0.05) is 21.4 Å². The number of nitrogens with one attached hydrogen (secondary N) is 1. The Hall–Kier alpha value is -1.46. The Bertz CT molecular complexity index is 750. The molecule has 2 nitrogen and oxygen atoms in total. The number of nitrogens with zero attached hydrogens (tertiary/aromatic N) is 1. The summed E-state index contributed by atoms with van der Waals surface area (Å²) in [6.45, 7) is 3.05. The van der Waals surface area contributed by atoms with Gasteiger partial charge in [0.1, 0.15) is 0 Å². The number of hydrogen-bond acceptors (Lipinski definition) is 2. The summed E-state index contributed by atoms with van der Waals surface area (Å²) < 4.78 is 1.25. The molecule has 0 spiro atoms. The van der Waals surface area contributed by atoms with Crippen molar-refractivity contribution in [3.8, 4) is 0 Å². The highest BCUT2D eigenvalue weighted by atomic mass is 127. The monoisotopic (exact) mass is 388 g/mol. The van der Waals surface area contributed by atoms with E-state index in [1.54, 1.807) is 0 Å². The van der Waals surface area contributed by atoms with Crippen molar-refractivity contribution in [2.45, 2.75) is 13.0 Å². The van der Waals surface area contributed by atoms with Crippen LogP contribution < -0.4 is 5.32 Å². The summed E-state index contributed by atoms with van der Waals surface area (Å²) in [6, 6.07) is 17.2. The fourth-order valence-corrected chi connectivity index (χ4v) is 3.23. The molecule has 1 aromatic heterocycles. The summed E-state index contributed by atoms with van der Waals surface area (Å²) in [4.78, 5) is 4.42. The van der Waals surface area contributed by atoms with Gasteiger partial charge < -0.3 is 5.32 Å². The van der Waals surface area contributed by atoms with E-state index in [0.29, 0.717) is 0 Å². The van der Waals surface area contributed by atoms with Crippen LogP contribution in [-0.4, -0.2) is 11.5 Å². The topological polar surface area (TPSA) is 24.9 Å². The molecule has 0 saturated carbocycles. The molecule has 2 aromatic carbocycles. The molecule has 1 heterocycles. The van der Waals surface area contributed by atoms with E-state index >= 15 is 0 Å². The zero-order chi connectivity index (χ0) is 14.7. The zero-order valence-electron chi connectivity index (χ0n) is 11.9. The number of pyridine rings is 1. The van der Waals surface area contributed by atoms with Crippen molar-refractivity contribution in [3.05, 3.63) is 75.6 Å². The maximum absolute atomic E-state index is 4.42. The third-order valence-electron chi connectivity index (χ3n) is 3.60. The van der Waals surface area contributed by atoms with Crippen molar-refractivity contribution in [3.63, 3.8) is 0 Å². The molecule has 3 aromatic rings. The van der Waals surface area contributed by atoms with Crippen molar-refractivity contribution >= 4 is 33.4 Å². The van der Waals surface area contributed by atoms with E-state index in [0.717, 1.165) is 6.54 Å². The average molecular weight is 388 g/mol. The molecule has 0 fully saturated rings. The quantitative estimate of drug-likeness (QED) is 0.664. The molecule has 1 N–H and O–H groups in total. The molecule has 0 amide bonds. The number of hydrogen-bond donors (Lipinski definition) is 1. The van der Waals surface area contributed by atoms with Crippen LogP contribution in [0.5, 0.6) is 0 Å². The van der Waals surface area contributed by atoms with Gasteiger partial charge >= 0.3 is 0 Å². The first-order chi connectivity index (χ1) is 10.3. The lowest BCUT2D eigenvalue weighted by molar-refractivity contribution is 0.632. The van der Waals surface area contributed by atoms with Crippen molar-refractivity contribution in [2.24, 2.45) is 0 Å². The van der Waals surface area contributed by atoms with Crippen molar-refractivity contribution in [1.29, 1.82) is 0 Å². The molecule has 21 heavy (non-hydrogen) atoms. The van der Waals surface area contributed by atoms with Gasteiger partial charge in [-0.15, -0.1) is 0 Å². The molecule has 0 radical (unpaired) electrons. The van der Waals surface area contributed by atoms with E-state index in [1.807, 2.05) is 12.4 Å². The van der Waals surface area contributed by atoms with Gasteiger partial charge in [-0.2, -0.15) is 0 Å². The summed E-state index contributed by atoms with van der Waals surface area (Å²) in [5.41, 5.74) is 2.51. The standard InChI is InChI=1S/C18H17IN2/c1-2-21-18(13-7-5-8-15(19)10-13)17-12-20-11-14-6-3-4-9-16(14)17/h3-12,18,21H,2H2,1H3. The normalized spacial score (nSPS) is 12.5. The lowest BCUT2D eigenvalue weighted by atomic mass is 9.96. The van der Waals surface area contributed by atoms with Crippen molar-refractivity contribution in [2.75, 3.05) is 6.54 Å². The van der Waals surface area contributed by atoms with Gasteiger partial charge in [-0.25, -0.2) is 0 Å². The highest BCUT2D eigenvalue weighted by Crippen LogP contribution is 2.28. The van der Waals surface area contributed by atoms with Gasteiger partial charge in [0.05, 0.1) is 6.04 Å². The molecule has 106 valence electrons. The number of halogens is 1. The fraction of sp³-hybridized carbons (Fsp3) is 0.167. The number of rotatable bonds is 4. The summed E-state index contributed by atoms with van der Waals surface area (Å²) in [7, 11) is 0. The maximum Gasteiger partial charge on any atom is 0.0598 e. The first-order valence-corrected chi connectivity index (χ1v) is 8.19. The Morgan fingerprint density at radius 3 is 2.76 bits per heavy atom. The second kappa shape index (κ2) is 6.54. The summed E-state index contributed by atoms with van der Waals surface area (Å²) in [6.07, 6.45) is 3.91. The van der Waals surface area contributed by atoms with Crippen molar-refractivity contribution < 1.29 is 0 Å². The smallest absolute Gasteiger partial charge is 0.0598 e. The predicted octanol–water partition coefficient (Wildman–Crippen LogP) is 4.54. The van der Waals surface area contributed by atoms with Gasteiger partial charge in [-0.1, -0.05) is 43.3 Å². The molecule has 1 unspecified atom stereocenters. The van der Waals surface area contributed by atoms with E-state index < -0.39 is 0 Å². The van der Waals surface area contributed by atoms with Crippen LogP contribution in [0.15, 0.2) is 60.9 Å². The molecule has 3 rings (SSSR count). The van der Waals surface area contributed by atoms with Crippen LogP contribution in [0.3, 0.4) is 0 Å². The van der Waals surface area contributed by atoms with Gasteiger partial charge in [0.15, 0.2) is 0 Å². The van der Waals surface area contributed by atoms with Gasteiger partial charge in [-0.3, -0.25) is 4.98 Å². The summed E-state index contributed by atoms with van der Waals surface area (Å²) >= 11 is 2.36. The molecule has 0 bridgehead atoms. The van der Waals surface area contributed by atoms with E-state index in [2.05, 4.69) is 88.3 Å². The molecule has 0 aliphatic heterocycles. The second-order valence-corrected chi connectivity index (χ2v) is 6.24. The largest absolute Gasteiger partial charge is 0.306 e. The molecule has 0 saturated heterocycles. The van der Waals surface area contributed by atoms with Crippen LogP contribution in [-0.2, 0) is 0 Å². The molecule has 0 aliphatic rings. The Labute approximate surface area is 138 Å². The van der Waals surface area contributed by atoms with Crippen LogP contribution in [0.1, 0.15) is 24.1 Å². The van der Waals surface area contributed by atoms with Crippen LogP contribution >= 0.6 is 22.6 Å². The van der Waals surface area contributed by atoms with E-state index in [-0.39, 0.29) is 6.04 Å². The Morgan fingerprint density at radius 2 is 1.95 bits per heavy atom. The van der Waals surface area contributed by atoms with Crippen LogP contribution in [0.2, 0.25) is 0 Å². The number of benzene rings is 2. The predicted molar refractivity (Wildman–Crippen MR) is 96.4 cm³/mol. The lowest BCUT2D eigenvalue weighted by Gasteiger charge is -2.20. The minimum Gasteiger partial charge on any atom is -0.306 e. The SMILES string of the molecule is CCNC(c1cccc(I)c1)c1cncc2ccccc12. The third kappa shape index (κ3) is 3.09. The minimum atomic E-state index is 0.170. The average Bonchev–Trinajstić information content (AvgIpc) is 2.52. The highest BCUT2D eigenvalue weighted by molar-refractivity contribution is 14.1. The van der Waals surface area contributed by atoms with Crippen LogP contribution in [0.4, 0.5) is 0 Å². The fourth-order valence-electron chi connectivity index (χ4n) is 2.67. The zero-order valence-corrected chi connectivity index (χ0v) is 14.0. The number of aromatic nitrogens is 1. The maximum atomic E-state index is 4.42. The Kier molecular flexibility index (Phi) is 4.51. The summed E-state index contributed by atoms with van der Waals surface area (Å²) in [5, 5.41) is 6.04. The van der Waals surface area contributed by atoms with E-state index in [1.165, 1.54) is 25.5 Å². The number of fused-ring (bicyclic) bond motifs is 1. The van der Waals surface area contributed by atoms with Crippen molar-refractivity contribution in [1.82, 2.24) is 10.3 Å². The van der Waals surface area contributed by atoms with E-state index in [4.69, 9.17) is 0 Å². The van der Waals surface area contributed by atoms with E-state index in [9.17, 15) is 0 Å². The molecule has 3 heteroatoms. The molecular formula is C18H17IN2. The first kappa shape index (κ1) is 14.5. The third-order valence-corrected chi connectivity index (χ3v) is 4.27. The van der Waals surface area contributed by atoms with Gasteiger partial charge in [-0.05, 0) is 57.8 Å². The van der Waals surface area contributed by atoms with Crippen LogP contribution in [0, 0.1) is 3.57 Å². The first-order valence-electron chi connectivity index (χ1n) is 7.11. The Morgan fingerprint density at radius 1 is 1.10 bits per heavy atom. The summed E-state index contributed by atoms with van der Waals surface area (Å²) in [5.74, 6) is 0. The highest BCUT2D eigenvalue weighted by Gasteiger charge is 2.16.